The van der Waals surface area contributed by atoms with E-state index in [0.29, 0.717) is 6.67 Å². The Kier molecular flexibility index (Phi) is 3.35. The number of rotatable bonds is 4. The Morgan fingerprint density at radius 1 is 1.32 bits per heavy atom. The van der Waals surface area contributed by atoms with E-state index < -0.39 is 0 Å². The molecule has 5 nitrogen and oxygen atoms in total. The number of fused-ring (bicyclic) bond motifs is 3. The summed E-state index contributed by atoms with van der Waals surface area (Å²) >= 11 is 0. The van der Waals surface area contributed by atoms with Crippen molar-refractivity contribution in [1.29, 1.82) is 0 Å². The van der Waals surface area contributed by atoms with Crippen LogP contribution in [0.25, 0.3) is 0 Å². The molecule has 0 unspecified atom stereocenters. The standard InChI is InChI=1S/C14H17N5/c1-2-3-4-6-11-14-12(7-5-8-15-14)19-10-17-18-13(19)9-16-11/h5,7-9H,2-4,6,10H2,1H3. The maximum atomic E-state index is 4.58. The third kappa shape index (κ3) is 2.28. The highest BCUT2D eigenvalue weighted by Gasteiger charge is 2.24. The molecule has 0 spiro atoms. The van der Waals surface area contributed by atoms with Gasteiger partial charge in [0.25, 0.3) is 0 Å². The Labute approximate surface area is 112 Å². The highest BCUT2D eigenvalue weighted by molar-refractivity contribution is 6.04. The molecule has 2 aliphatic heterocycles. The Morgan fingerprint density at radius 2 is 2.26 bits per heavy atom. The van der Waals surface area contributed by atoms with E-state index in [9.17, 15) is 0 Å². The summed E-state index contributed by atoms with van der Waals surface area (Å²) in [5.74, 6) is 0.805. The van der Waals surface area contributed by atoms with Gasteiger partial charge in [0.05, 0.1) is 17.6 Å². The molecule has 0 atom stereocenters. The van der Waals surface area contributed by atoms with Gasteiger partial charge in [0, 0.05) is 6.20 Å². The molecule has 98 valence electrons. The summed E-state index contributed by atoms with van der Waals surface area (Å²) in [6.07, 6.45) is 8.18. The SMILES string of the molecule is CCCCCC1=NC=C2N=NCN2c2cccnc21. The van der Waals surface area contributed by atoms with Crippen LogP contribution in [0.3, 0.4) is 0 Å². The average Bonchev–Trinajstić information content (AvgIpc) is 2.86. The van der Waals surface area contributed by atoms with E-state index in [2.05, 4.69) is 38.1 Å². The molecule has 5 heteroatoms. The number of hydrogen-bond donors (Lipinski definition) is 0. The summed E-state index contributed by atoms with van der Waals surface area (Å²) in [5, 5.41) is 8.18. The molecule has 2 aliphatic rings. The second-order valence-electron chi connectivity index (χ2n) is 4.70. The predicted octanol–water partition coefficient (Wildman–Crippen LogP) is 3.49. The Balaban J connectivity index is 1.95. The molecule has 3 rings (SSSR count). The lowest BCUT2D eigenvalue weighted by molar-refractivity contribution is 0.741. The van der Waals surface area contributed by atoms with Gasteiger partial charge in [-0.2, -0.15) is 5.11 Å². The molecule has 0 fully saturated rings. The summed E-state index contributed by atoms with van der Waals surface area (Å²) in [4.78, 5) is 11.1. The van der Waals surface area contributed by atoms with E-state index >= 15 is 0 Å². The van der Waals surface area contributed by atoms with Crippen molar-refractivity contribution in [3.05, 3.63) is 36.0 Å². The summed E-state index contributed by atoms with van der Waals surface area (Å²) in [7, 11) is 0. The van der Waals surface area contributed by atoms with Gasteiger partial charge in [0.2, 0.25) is 0 Å². The first-order valence-corrected chi connectivity index (χ1v) is 6.77. The highest BCUT2D eigenvalue weighted by Crippen LogP contribution is 2.30. The Hall–Kier alpha value is -2.04. The molecule has 3 heterocycles. The number of unbranched alkanes of at least 4 members (excludes halogenated alkanes) is 2. The largest absolute Gasteiger partial charge is 0.299 e. The number of pyridine rings is 1. The van der Waals surface area contributed by atoms with Crippen molar-refractivity contribution in [2.75, 3.05) is 11.6 Å². The van der Waals surface area contributed by atoms with Crippen molar-refractivity contribution in [1.82, 2.24) is 4.98 Å². The van der Waals surface area contributed by atoms with Crippen LogP contribution in [0.1, 0.15) is 38.3 Å². The van der Waals surface area contributed by atoms with E-state index in [4.69, 9.17) is 0 Å². The van der Waals surface area contributed by atoms with Crippen molar-refractivity contribution >= 4 is 11.4 Å². The van der Waals surface area contributed by atoms with Gasteiger partial charge >= 0.3 is 0 Å². The number of anilines is 1. The molecule has 1 aromatic heterocycles. The molecule has 0 amide bonds. The average molecular weight is 255 g/mol. The summed E-state index contributed by atoms with van der Waals surface area (Å²) in [6, 6.07) is 4.01. The van der Waals surface area contributed by atoms with Gasteiger partial charge in [0.15, 0.2) is 5.82 Å². The van der Waals surface area contributed by atoms with Crippen molar-refractivity contribution in [3.63, 3.8) is 0 Å². The number of azo groups is 1. The third-order valence-electron chi connectivity index (χ3n) is 3.36. The number of aromatic nitrogens is 1. The number of nitrogens with zero attached hydrogens (tertiary/aromatic N) is 5. The van der Waals surface area contributed by atoms with Crippen molar-refractivity contribution < 1.29 is 0 Å². The smallest absolute Gasteiger partial charge is 0.175 e. The zero-order chi connectivity index (χ0) is 13.1. The Bertz CT molecular complexity index is 559. The Morgan fingerprint density at radius 3 is 3.16 bits per heavy atom. The molecule has 0 saturated carbocycles. The normalized spacial score (nSPS) is 16.6. The first kappa shape index (κ1) is 12.0. The van der Waals surface area contributed by atoms with Gasteiger partial charge in [-0.3, -0.25) is 14.9 Å². The van der Waals surface area contributed by atoms with Crippen LogP contribution in [-0.4, -0.2) is 17.4 Å². The van der Waals surface area contributed by atoms with E-state index in [-0.39, 0.29) is 0 Å². The summed E-state index contributed by atoms with van der Waals surface area (Å²) < 4.78 is 0. The van der Waals surface area contributed by atoms with Crippen LogP contribution in [0.4, 0.5) is 5.69 Å². The quantitative estimate of drug-likeness (QED) is 0.773. The van der Waals surface area contributed by atoms with Crippen LogP contribution in [0.15, 0.2) is 45.6 Å². The monoisotopic (exact) mass is 255 g/mol. The van der Waals surface area contributed by atoms with Crippen molar-refractivity contribution in [3.8, 4) is 0 Å². The molecule has 0 aliphatic carbocycles. The zero-order valence-electron chi connectivity index (χ0n) is 11.1. The van der Waals surface area contributed by atoms with Gasteiger partial charge in [-0.15, -0.1) is 5.11 Å². The topological polar surface area (TPSA) is 53.2 Å². The molecule has 0 radical (unpaired) electrons. The third-order valence-corrected chi connectivity index (χ3v) is 3.36. The molecule has 0 N–H and O–H groups in total. The number of hydrogen-bond acceptors (Lipinski definition) is 5. The van der Waals surface area contributed by atoms with E-state index in [1.165, 1.54) is 12.8 Å². The van der Waals surface area contributed by atoms with E-state index in [1.54, 1.807) is 6.20 Å². The molecule has 0 aromatic carbocycles. The van der Waals surface area contributed by atoms with Gasteiger partial charge in [-0.1, -0.05) is 19.8 Å². The minimum Gasteiger partial charge on any atom is -0.299 e. The van der Waals surface area contributed by atoms with Gasteiger partial charge < -0.3 is 0 Å². The lowest BCUT2D eigenvalue weighted by Gasteiger charge is -2.17. The molecule has 1 aromatic rings. The van der Waals surface area contributed by atoms with Crippen LogP contribution >= 0.6 is 0 Å². The fourth-order valence-corrected chi connectivity index (χ4v) is 2.35. The van der Waals surface area contributed by atoms with Crippen LogP contribution in [0.2, 0.25) is 0 Å². The molecule has 0 bridgehead atoms. The van der Waals surface area contributed by atoms with Gasteiger partial charge in [-0.25, -0.2) is 0 Å². The second kappa shape index (κ2) is 5.30. The zero-order valence-corrected chi connectivity index (χ0v) is 11.1. The van der Waals surface area contributed by atoms with Gasteiger partial charge in [-0.05, 0) is 25.0 Å². The first-order chi connectivity index (χ1) is 9.40. The second-order valence-corrected chi connectivity index (χ2v) is 4.70. The van der Waals surface area contributed by atoms with E-state index in [1.807, 2.05) is 12.3 Å². The predicted molar refractivity (Wildman–Crippen MR) is 75.2 cm³/mol. The van der Waals surface area contributed by atoms with Crippen LogP contribution in [0, 0.1) is 0 Å². The first-order valence-electron chi connectivity index (χ1n) is 6.77. The highest BCUT2D eigenvalue weighted by atomic mass is 15.4. The van der Waals surface area contributed by atoms with Crippen molar-refractivity contribution in [2.45, 2.75) is 32.6 Å². The number of aliphatic imine (C=N–C) groups is 1. The summed E-state index contributed by atoms with van der Waals surface area (Å²) in [6.45, 7) is 2.77. The molecule has 0 saturated heterocycles. The maximum absolute atomic E-state index is 4.58. The minimum atomic E-state index is 0.558. The van der Waals surface area contributed by atoms with E-state index in [0.717, 1.165) is 35.8 Å². The lowest BCUT2D eigenvalue weighted by Crippen LogP contribution is -2.19. The fourth-order valence-electron chi connectivity index (χ4n) is 2.35. The van der Waals surface area contributed by atoms with Crippen molar-refractivity contribution in [2.24, 2.45) is 15.2 Å². The maximum Gasteiger partial charge on any atom is 0.175 e. The fraction of sp³-hybridized carbons (Fsp3) is 0.429. The van der Waals surface area contributed by atoms with Crippen LogP contribution in [0.5, 0.6) is 0 Å². The molecular formula is C14H17N5. The van der Waals surface area contributed by atoms with Crippen LogP contribution in [-0.2, 0) is 0 Å². The minimum absolute atomic E-state index is 0.558. The van der Waals surface area contributed by atoms with Crippen LogP contribution < -0.4 is 4.90 Å². The molecular weight excluding hydrogens is 238 g/mol. The van der Waals surface area contributed by atoms with Gasteiger partial charge in [0.1, 0.15) is 12.4 Å². The summed E-state index contributed by atoms with van der Waals surface area (Å²) in [5.41, 5.74) is 3.09. The lowest BCUT2D eigenvalue weighted by atomic mass is 10.1. The molecule has 19 heavy (non-hydrogen) atoms.